The summed E-state index contributed by atoms with van der Waals surface area (Å²) in [5.74, 6) is 1.68. The second-order valence-corrected chi connectivity index (χ2v) is 14.4. The maximum absolute atomic E-state index is 13.5. The number of aromatic nitrogens is 1. The first kappa shape index (κ1) is 34.9. The number of hydrogen-bond donors (Lipinski definition) is 3. The van der Waals surface area contributed by atoms with Crippen molar-refractivity contribution in [3.8, 4) is 5.75 Å². The third-order valence-corrected chi connectivity index (χ3v) is 10.9. The number of nitrogens with one attached hydrogen (secondary N) is 2. The van der Waals surface area contributed by atoms with Crippen molar-refractivity contribution in [2.75, 3.05) is 39.3 Å². The van der Waals surface area contributed by atoms with Gasteiger partial charge in [0.15, 0.2) is 12.2 Å². The van der Waals surface area contributed by atoms with Crippen LogP contribution in [0.15, 0.2) is 35.2 Å². The van der Waals surface area contributed by atoms with Crippen LogP contribution in [0.1, 0.15) is 94.4 Å². The molecule has 48 heavy (non-hydrogen) atoms. The van der Waals surface area contributed by atoms with Gasteiger partial charge in [-0.3, -0.25) is 24.7 Å². The van der Waals surface area contributed by atoms with Crippen molar-refractivity contribution in [2.24, 2.45) is 5.92 Å². The van der Waals surface area contributed by atoms with Crippen LogP contribution in [-0.2, 0) is 29.2 Å². The lowest BCUT2D eigenvalue weighted by molar-refractivity contribution is -0.136. The molecule has 11 heteroatoms. The highest BCUT2D eigenvalue weighted by Crippen LogP contribution is 2.30. The lowest BCUT2D eigenvalue weighted by Crippen LogP contribution is -2.66. The molecule has 2 amide bonds. The van der Waals surface area contributed by atoms with Gasteiger partial charge in [-0.15, -0.1) is 0 Å². The molecule has 0 radical (unpaired) electrons. The second-order valence-electron chi connectivity index (χ2n) is 14.4. The average molecular weight is 665 g/mol. The van der Waals surface area contributed by atoms with Crippen molar-refractivity contribution < 1.29 is 23.8 Å². The number of amides is 2. The van der Waals surface area contributed by atoms with Crippen LogP contribution in [0.5, 0.6) is 5.75 Å². The van der Waals surface area contributed by atoms with E-state index in [1.807, 2.05) is 17.9 Å². The van der Waals surface area contributed by atoms with Crippen LogP contribution >= 0.6 is 0 Å². The molecule has 264 valence electrons. The molecule has 0 bridgehead atoms. The second kappa shape index (κ2) is 17.1. The summed E-state index contributed by atoms with van der Waals surface area (Å²) in [6, 6.07) is 7.00. The van der Waals surface area contributed by atoms with Crippen LogP contribution in [0.3, 0.4) is 0 Å². The maximum atomic E-state index is 13.5. The van der Waals surface area contributed by atoms with Gasteiger partial charge in [0.1, 0.15) is 12.4 Å². The van der Waals surface area contributed by atoms with Crippen LogP contribution in [-0.4, -0.2) is 100 Å². The van der Waals surface area contributed by atoms with Gasteiger partial charge in [-0.1, -0.05) is 51.5 Å². The van der Waals surface area contributed by atoms with E-state index < -0.39 is 6.10 Å². The number of nitrogens with zero attached hydrogens (tertiary/aromatic N) is 4. The minimum atomic E-state index is -0.634. The summed E-state index contributed by atoms with van der Waals surface area (Å²) in [4.78, 5) is 36.4. The fraction of sp³-hybridized carbons (Fsp3) is 0.703. The quantitative estimate of drug-likeness (QED) is 0.311. The Morgan fingerprint density at radius 1 is 1.06 bits per heavy atom. The summed E-state index contributed by atoms with van der Waals surface area (Å²) in [5.41, 5.74) is 2.50. The van der Waals surface area contributed by atoms with E-state index in [0.29, 0.717) is 31.4 Å². The van der Waals surface area contributed by atoms with Crippen LogP contribution in [0, 0.1) is 5.92 Å². The fourth-order valence-corrected chi connectivity index (χ4v) is 8.08. The Morgan fingerprint density at radius 2 is 1.85 bits per heavy atom. The molecule has 1 aromatic carbocycles. The molecule has 4 aliphatic rings. The van der Waals surface area contributed by atoms with Crippen LogP contribution < -0.4 is 15.4 Å². The van der Waals surface area contributed by atoms with Crippen molar-refractivity contribution in [2.45, 2.75) is 121 Å². The fourth-order valence-electron chi connectivity index (χ4n) is 8.08. The van der Waals surface area contributed by atoms with Gasteiger partial charge in [0, 0.05) is 70.2 Å². The van der Waals surface area contributed by atoms with Crippen LogP contribution in [0.2, 0.25) is 0 Å². The Kier molecular flexibility index (Phi) is 12.4. The van der Waals surface area contributed by atoms with Gasteiger partial charge in [0.2, 0.25) is 11.8 Å². The van der Waals surface area contributed by atoms with Crippen molar-refractivity contribution in [1.82, 2.24) is 30.3 Å². The maximum Gasteiger partial charge on any atom is 0.223 e. The summed E-state index contributed by atoms with van der Waals surface area (Å²) in [6.07, 6.45) is 15.9. The zero-order valence-corrected chi connectivity index (χ0v) is 28.8. The van der Waals surface area contributed by atoms with Crippen molar-refractivity contribution in [3.05, 3.63) is 47.7 Å². The van der Waals surface area contributed by atoms with Gasteiger partial charge < -0.3 is 24.5 Å². The zero-order chi connectivity index (χ0) is 33.3. The van der Waals surface area contributed by atoms with E-state index in [-0.39, 0.29) is 36.5 Å². The molecule has 2 aromatic rings. The molecular formula is C37H56N6O5. The minimum Gasteiger partial charge on any atom is -0.486 e. The number of β-amino-alcohol motifs (C(OH)–C–C–N with tert-alkyl or cyclic N) is 1. The van der Waals surface area contributed by atoms with E-state index in [0.717, 1.165) is 57.7 Å². The molecule has 2 unspecified atom stereocenters. The first-order chi connectivity index (χ1) is 23.4. The number of aliphatic hydroxyl groups excluding tert-OH is 1. The highest BCUT2D eigenvalue weighted by Gasteiger charge is 2.39. The van der Waals surface area contributed by atoms with Gasteiger partial charge in [-0.2, -0.15) is 0 Å². The number of oxazole rings is 1. The third kappa shape index (κ3) is 9.37. The summed E-state index contributed by atoms with van der Waals surface area (Å²) < 4.78 is 11.1. The monoisotopic (exact) mass is 664 g/mol. The molecule has 6 rings (SSSR count). The largest absolute Gasteiger partial charge is 0.486 e. The minimum absolute atomic E-state index is 0.0493. The third-order valence-electron chi connectivity index (χ3n) is 10.9. The molecule has 3 N–H and O–H groups in total. The summed E-state index contributed by atoms with van der Waals surface area (Å²) in [7, 11) is 0. The Hall–Kier alpha value is -2.99. The first-order valence-corrected chi connectivity index (χ1v) is 18.5. The molecule has 11 nitrogen and oxygen atoms in total. The number of rotatable bonds is 12. The zero-order valence-electron chi connectivity index (χ0n) is 28.8. The van der Waals surface area contributed by atoms with E-state index >= 15 is 0 Å². The predicted molar refractivity (Wildman–Crippen MR) is 183 cm³/mol. The standard InChI is InChI=1S/C37H56N6O5/c1-2-36(45)42-22-30(23-42)40-35-18-28(14-16-43(35)31-9-7-5-3-4-6-8-10-31)37(46)39-19-32(44)24-41-15-13-27-17-33(12-11-29(27)21-41)47-25-34-20-38-26-48-34/h11-12,17,20,26,28,30-32,35,40,44H,2-10,13-16,18-19,21-25H2,1H3,(H,39,46)/t28?,32-,35?/m0/s1. The Morgan fingerprint density at radius 3 is 2.60 bits per heavy atom. The van der Waals surface area contributed by atoms with E-state index in [4.69, 9.17) is 9.15 Å². The number of hydrogen-bond acceptors (Lipinski definition) is 9. The van der Waals surface area contributed by atoms with Gasteiger partial charge in [0.05, 0.1) is 18.5 Å². The summed E-state index contributed by atoms with van der Waals surface area (Å²) in [5, 5.41) is 17.9. The first-order valence-electron chi connectivity index (χ1n) is 18.5. The normalized spacial score (nSPS) is 24.1. The number of likely N-dealkylation sites (tertiary alicyclic amines) is 2. The van der Waals surface area contributed by atoms with Gasteiger partial charge in [-0.25, -0.2) is 4.98 Å². The summed E-state index contributed by atoms with van der Waals surface area (Å²) >= 11 is 0. The van der Waals surface area contributed by atoms with Gasteiger partial charge >= 0.3 is 0 Å². The number of aliphatic hydroxyl groups is 1. The van der Waals surface area contributed by atoms with Crippen molar-refractivity contribution >= 4 is 11.8 Å². The SMILES string of the molecule is CCC(=O)N1CC(NC2CC(C(=O)NC[C@H](O)CN3CCc4cc(OCc5cnco5)ccc4C3)CCN2C2CCCCCCCC2)C1. The highest BCUT2D eigenvalue weighted by molar-refractivity contribution is 5.79. The topological polar surface area (TPSA) is 123 Å². The lowest BCUT2D eigenvalue weighted by atomic mass is 9.89. The average Bonchev–Trinajstić information content (AvgIpc) is 3.65. The molecule has 1 aliphatic carbocycles. The summed E-state index contributed by atoms with van der Waals surface area (Å²) in [6.45, 7) is 7.07. The lowest BCUT2D eigenvalue weighted by Gasteiger charge is -2.48. The van der Waals surface area contributed by atoms with Gasteiger partial charge in [0.25, 0.3) is 0 Å². The van der Waals surface area contributed by atoms with E-state index in [1.165, 1.54) is 68.9 Å². The number of benzene rings is 1. The van der Waals surface area contributed by atoms with Gasteiger partial charge in [-0.05, 0) is 55.4 Å². The van der Waals surface area contributed by atoms with E-state index in [9.17, 15) is 14.7 Å². The smallest absolute Gasteiger partial charge is 0.223 e. The molecule has 3 aliphatic heterocycles. The molecule has 4 heterocycles. The number of piperidine rings is 1. The Balaban J connectivity index is 0.974. The number of ether oxygens (including phenoxy) is 1. The number of fused-ring (bicyclic) bond motifs is 1. The highest BCUT2D eigenvalue weighted by atomic mass is 16.5. The number of carbonyl (C=O) groups excluding carboxylic acids is 2. The van der Waals surface area contributed by atoms with E-state index in [1.54, 1.807) is 6.20 Å². The van der Waals surface area contributed by atoms with E-state index in [2.05, 4.69) is 37.6 Å². The molecule has 3 atom stereocenters. The van der Waals surface area contributed by atoms with Crippen LogP contribution in [0.4, 0.5) is 0 Å². The Labute approximate surface area is 285 Å². The molecular weight excluding hydrogens is 608 g/mol. The molecule has 0 spiro atoms. The predicted octanol–water partition coefficient (Wildman–Crippen LogP) is 3.84. The Bertz CT molecular complexity index is 1310. The molecule has 2 saturated heterocycles. The molecule has 1 aromatic heterocycles. The number of carbonyl (C=O) groups is 2. The van der Waals surface area contributed by atoms with Crippen LogP contribution in [0.25, 0.3) is 0 Å². The molecule has 3 fully saturated rings. The molecule has 1 saturated carbocycles. The van der Waals surface area contributed by atoms with Crippen molar-refractivity contribution in [3.63, 3.8) is 0 Å². The van der Waals surface area contributed by atoms with Crippen molar-refractivity contribution in [1.29, 1.82) is 0 Å².